The van der Waals surface area contributed by atoms with Crippen molar-refractivity contribution < 1.29 is 21.7 Å². The Hall–Kier alpha value is -3.14. The maximum Gasteiger partial charge on any atom is 0.339 e. The summed E-state index contributed by atoms with van der Waals surface area (Å²) < 4.78 is 48.4. The van der Waals surface area contributed by atoms with Crippen molar-refractivity contribution in [1.82, 2.24) is 0 Å². The van der Waals surface area contributed by atoms with Crippen LogP contribution in [0.4, 0.5) is 4.39 Å². The second-order valence-electron chi connectivity index (χ2n) is 5.53. The maximum atomic E-state index is 13.3. The van der Waals surface area contributed by atoms with Gasteiger partial charge in [0.05, 0.1) is 6.61 Å². The molecular weight excluding hydrogens is 387 g/mol. The molecule has 2 aromatic carbocycles. The molecule has 10 heteroatoms. The number of guanidine groups is 1. The van der Waals surface area contributed by atoms with E-state index in [0.29, 0.717) is 17.9 Å². The first-order valence-electron chi connectivity index (χ1n) is 8.08. The summed E-state index contributed by atoms with van der Waals surface area (Å²) in [5, 5.41) is 6.13. The molecule has 8 nitrogen and oxygen atoms in total. The van der Waals surface area contributed by atoms with Crippen LogP contribution in [-0.2, 0) is 10.1 Å². The minimum atomic E-state index is -4.11. The van der Waals surface area contributed by atoms with Crippen molar-refractivity contribution in [1.29, 1.82) is 0 Å². The summed E-state index contributed by atoms with van der Waals surface area (Å²) in [5.74, 6) is -0.0483. The number of benzene rings is 2. The van der Waals surface area contributed by atoms with Crippen LogP contribution < -0.4 is 20.4 Å². The Labute approximate surface area is 163 Å². The molecule has 0 aliphatic carbocycles. The van der Waals surface area contributed by atoms with Gasteiger partial charge in [0.2, 0.25) is 5.96 Å². The first-order valence-corrected chi connectivity index (χ1v) is 9.49. The van der Waals surface area contributed by atoms with Gasteiger partial charge in [-0.25, -0.2) is 4.39 Å². The van der Waals surface area contributed by atoms with E-state index in [4.69, 9.17) is 20.4 Å². The summed E-state index contributed by atoms with van der Waals surface area (Å²) in [4.78, 5) is -0.188. The third-order valence-electron chi connectivity index (χ3n) is 3.15. The summed E-state index contributed by atoms with van der Waals surface area (Å²) >= 11 is 0. The molecule has 0 unspecified atom stereocenters. The minimum Gasteiger partial charge on any atom is -0.494 e. The number of hydrogen-bond donors (Lipinski definition) is 2. The van der Waals surface area contributed by atoms with Crippen LogP contribution in [-0.4, -0.2) is 27.7 Å². The highest BCUT2D eigenvalue weighted by atomic mass is 32.2. The highest BCUT2D eigenvalue weighted by molar-refractivity contribution is 7.87. The van der Waals surface area contributed by atoms with E-state index in [1.165, 1.54) is 18.2 Å². The van der Waals surface area contributed by atoms with Gasteiger partial charge in [-0.3, -0.25) is 0 Å². The van der Waals surface area contributed by atoms with Gasteiger partial charge in [0.1, 0.15) is 22.2 Å². The Morgan fingerprint density at radius 2 is 1.79 bits per heavy atom. The van der Waals surface area contributed by atoms with Crippen LogP contribution in [0.2, 0.25) is 0 Å². The fraction of sp³-hybridized carbons (Fsp3) is 0.222. The molecule has 2 rings (SSSR count). The Morgan fingerprint density at radius 1 is 1.14 bits per heavy atom. The van der Waals surface area contributed by atoms with Crippen LogP contribution >= 0.6 is 0 Å². The van der Waals surface area contributed by atoms with Crippen molar-refractivity contribution in [3.05, 3.63) is 53.3 Å². The molecule has 0 saturated heterocycles. The third kappa shape index (κ3) is 7.23. The fourth-order valence-electron chi connectivity index (χ4n) is 2.11. The van der Waals surface area contributed by atoms with Gasteiger partial charge < -0.3 is 20.4 Å². The van der Waals surface area contributed by atoms with Gasteiger partial charge in [0, 0.05) is 12.8 Å². The molecule has 0 bridgehead atoms. The zero-order chi connectivity index (χ0) is 21.3. The molecule has 4 N–H and O–H groups in total. The number of rotatable bonds is 6. The molecule has 0 fully saturated rings. The van der Waals surface area contributed by atoms with Crippen molar-refractivity contribution in [3.63, 3.8) is 0 Å². The van der Waals surface area contributed by atoms with E-state index in [-0.39, 0.29) is 16.6 Å². The smallest absolute Gasteiger partial charge is 0.339 e. The average molecular weight is 410 g/mol. The molecule has 2 aromatic rings. The zero-order valence-corrected chi connectivity index (χ0v) is 16.7. The molecule has 28 heavy (non-hydrogen) atoms. The van der Waals surface area contributed by atoms with Crippen molar-refractivity contribution in [2.75, 3.05) is 6.61 Å². The van der Waals surface area contributed by atoms with Gasteiger partial charge in [0.25, 0.3) is 0 Å². The summed E-state index contributed by atoms with van der Waals surface area (Å²) in [5.41, 5.74) is 10.8. The molecule has 0 aromatic heterocycles. The molecular formula is C18H23FN4O4S. The molecule has 0 heterocycles. The van der Waals surface area contributed by atoms with E-state index < -0.39 is 15.9 Å². The number of nitrogens with two attached hydrogens (primary N) is 2. The summed E-state index contributed by atoms with van der Waals surface area (Å²) in [7, 11) is -4.11. The monoisotopic (exact) mass is 410 g/mol. The summed E-state index contributed by atoms with van der Waals surface area (Å²) in [6, 6.07) is 8.39. The molecule has 0 radical (unpaired) electrons. The van der Waals surface area contributed by atoms with E-state index in [1.807, 2.05) is 6.92 Å². The van der Waals surface area contributed by atoms with Crippen LogP contribution in [0.3, 0.4) is 0 Å². The van der Waals surface area contributed by atoms with Crippen molar-refractivity contribution in [2.45, 2.75) is 25.7 Å². The van der Waals surface area contributed by atoms with Gasteiger partial charge in [-0.2, -0.15) is 13.5 Å². The van der Waals surface area contributed by atoms with Crippen molar-refractivity contribution in [3.8, 4) is 11.5 Å². The molecule has 0 aliphatic heterocycles. The van der Waals surface area contributed by atoms with Crippen LogP contribution in [0.15, 0.2) is 51.5 Å². The first-order chi connectivity index (χ1) is 13.1. The van der Waals surface area contributed by atoms with Gasteiger partial charge >= 0.3 is 10.1 Å². The predicted octanol–water partition coefficient (Wildman–Crippen LogP) is 2.48. The molecule has 0 atom stereocenters. The Kier molecular flexibility index (Phi) is 8.39. The normalized spacial score (nSPS) is 10.3. The second-order valence-corrected chi connectivity index (χ2v) is 7.04. The summed E-state index contributed by atoms with van der Waals surface area (Å²) in [6.45, 7) is 8.67. The van der Waals surface area contributed by atoms with E-state index in [1.54, 1.807) is 26.0 Å². The maximum absolute atomic E-state index is 13.3. The number of aryl methyl sites for hydroxylation is 2. The first kappa shape index (κ1) is 22.9. The molecule has 0 spiro atoms. The van der Waals surface area contributed by atoms with E-state index in [9.17, 15) is 12.8 Å². The van der Waals surface area contributed by atoms with Gasteiger partial charge in [-0.05, 0) is 56.2 Å². The number of nitrogens with zero attached hydrogens (tertiary/aromatic N) is 2. The van der Waals surface area contributed by atoms with E-state index >= 15 is 0 Å². The number of ether oxygens (including phenoxy) is 1. The van der Waals surface area contributed by atoms with Gasteiger partial charge in [-0.15, -0.1) is 5.10 Å². The highest BCUT2D eigenvalue weighted by Gasteiger charge is 2.20. The highest BCUT2D eigenvalue weighted by Crippen LogP contribution is 2.27. The largest absolute Gasteiger partial charge is 0.494 e. The van der Waals surface area contributed by atoms with Crippen LogP contribution in [0.25, 0.3) is 0 Å². The quantitative estimate of drug-likeness (QED) is 0.326. The lowest BCUT2D eigenvalue weighted by Crippen LogP contribution is -2.21. The van der Waals surface area contributed by atoms with Crippen molar-refractivity contribution in [2.24, 2.45) is 21.7 Å². The van der Waals surface area contributed by atoms with Crippen LogP contribution in [0, 0.1) is 19.7 Å². The van der Waals surface area contributed by atoms with E-state index in [0.717, 1.165) is 11.6 Å². The van der Waals surface area contributed by atoms with Crippen molar-refractivity contribution >= 4 is 22.8 Å². The SMILES string of the molecule is C=NN=C(N)N.CCOc1cc(C)cc(OS(=O)(=O)c2cc(F)ccc2C)c1. The van der Waals surface area contributed by atoms with Crippen LogP contribution in [0.5, 0.6) is 11.5 Å². The summed E-state index contributed by atoms with van der Waals surface area (Å²) in [6.07, 6.45) is 0. The molecule has 152 valence electrons. The second kappa shape index (κ2) is 10.3. The molecule has 0 saturated carbocycles. The Balaban J connectivity index is 0.000000568. The predicted molar refractivity (Wildman–Crippen MR) is 107 cm³/mol. The van der Waals surface area contributed by atoms with Gasteiger partial charge in [-0.1, -0.05) is 6.07 Å². The Morgan fingerprint density at radius 3 is 2.32 bits per heavy atom. The van der Waals surface area contributed by atoms with Gasteiger partial charge in [0.15, 0.2) is 0 Å². The lowest BCUT2D eigenvalue weighted by Gasteiger charge is -2.11. The third-order valence-corrected chi connectivity index (χ3v) is 4.54. The number of halogens is 1. The lowest BCUT2D eigenvalue weighted by molar-refractivity contribution is 0.338. The average Bonchev–Trinajstić information content (AvgIpc) is 2.56. The minimum absolute atomic E-state index is 0.0648. The topological polar surface area (TPSA) is 129 Å². The zero-order valence-electron chi connectivity index (χ0n) is 15.8. The van der Waals surface area contributed by atoms with E-state index in [2.05, 4.69) is 16.9 Å². The van der Waals surface area contributed by atoms with Crippen LogP contribution in [0.1, 0.15) is 18.1 Å². The lowest BCUT2D eigenvalue weighted by atomic mass is 10.2. The molecule has 0 aliphatic rings. The number of hydrogen-bond acceptors (Lipinski definition) is 6. The Bertz CT molecular complexity index is 958. The standard InChI is InChI=1S/C16H17FO4S.C2H6N4/c1-4-20-14-7-11(2)8-15(10-14)21-22(18,19)16-9-13(17)6-5-12(16)3;1-5-6-2(3)4/h5-10H,4H2,1-3H3;1H2,(H4,3,4,6). The molecule has 0 amide bonds. The fourth-order valence-corrected chi connectivity index (χ4v) is 3.27.